The van der Waals surface area contributed by atoms with Gasteiger partial charge in [0.1, 0.15) is 0 Å². The zero-order valence-electron chi connectivity index (χ0n) is 16.7. The molecule has 6 heteroatoms. The van der Waals surface area contributed by atoms with Crippen LogP contribution in [-0.2, 0) is 22.7 Å². The van der Waals surface area contributed by atoms with Crippen LogP contribution in [0.15, 0.2) is 54.7 Å². The molecule has 2 aromatic rings. The monoisotopic (exact) mass is 392 g/mol. The first-order valence-electron chi connectivity index (χ1n) is 10.4. The zero-order chi connectivity index (χ0) is 20.1. The van der Waals surface area contributed by atoms with Crippen LogP contribution in [0.3, 0.4) is 0 Å². The second-order valence-electron chi connectivity index (χ2n) is 7.98. The largest absolute Gasteiger partial charge is 0.350 e. The molecule has 2 aliphatic rings. The van der Waals surface area contributed by atoms with E-state index in [0.29, 0.717) is 19.5 Å². The van der Waals surface area contributed by atoms with E-state index < -0.39 is 0 Å². The number of piperidine rings is 1. The van der Waals surface area contributed by atoms with Crippen LogP contribution in [-0.4, -0.2) is 52.3 Å². The number of hydrogen-bond donors (Lipinski definition) is 1. The van der Waals surface area contributed by atoms with Gasteiger partial charge in [0, 0.05) is 44.8 Å². The highest BCUT2D eigenvalue weighted by atomic mass is 16.2. The van der Waals surface area contributed by atoms with Crippen molar-refractivity contribution in [3.05, 3.63) is 66.0 Å². The van der Waals surface area contributed by atoms with E-state index in [1.54, 1.807) is 6.20 Å². The van der Waals surface area contributed by atoms with E-state index in [4.69, 9.17) is 0 Å². The van der Waals surface area contributed by atoms with Crippen LogP contribution in [0, 0.1) is 5.92 Å². The van der Waals surface area contributed by atoms with Gasteiger partial charge in [-0.1, -0.05) is 36.4 Å². The molecule has 4 rings (SSSR count). The number of carbonyl (C=O) groups excluding carboxylic acids is 2. The molecule has 1 atom stereocenters. The fraction of sp³-hybridized carbons (Fsp3) is 0.435. The Kier molecular flexibility index (Phi) is 6.20. The molecule has 1 unspecified atom stereocenters. The lowest BCUT2D eigenvalue weighted by molar-refractivity contribution is -0.131. The van der Waals surface area contributed by atoms with Crippen molar-refractivity contribution in [3.8, 4) is 0 Å². The van der Waals surface area contributed by atoms with Crippen molar-refractivity contribution in [2.75, 3.05) is 19.6 Å². The molecule has 0 aliphatic carbocycles. The minimum Gasteiger partial charge on any atom is -0.350 e. The number of nitrogens with zero attached hydrogens (tertiary/aromatic N) is 3. The van der Waals surface area contributed by atoms with Crippen molar-refractivity contribution in [3.63, 3.8) is 0 Å². The minimum absolute atomic E-state index is 0.0481. The summed E-state index contributed by atoms with van der Waals surface area (Å²) in [7, 11) is 0. The van der Waals surface area contributed by atoms with Gasteiger partial charge in [0.15, 0.2) is 0 Å². The van der Waals surface area contributed by atoms with Gasteiger partial charge in [-0.25, -0.2) is 0 Å². The van der Waals surface area contributed by atoms with E-state index in [2.05, 4.69) is 39.5 Å². The standard InChI is InChI=1S/C23H28N4O2/c28-22-14-19(23(29)25-15-20-8-4-5-11-24-20)17-27(22)21-9-12-26(13-10-21)16-18-6-2-1-3-7-18/h1-8,11,19,21H,9-10,12-17H2,(H,25,29). The third-order valence-electron chi connectivity index (χ3n) is 5.95. The molecule has 0 saturated carbocycles. The van der Waals surface area contributed by atoms with E-state index in [9.17, 15) is 9.59 Å². The van der Waals surface area contributed by atoms with Crippen LogP contribution in [0.2, 0.25) is 0 Å². The van der Waals surface area contributed by atoms with Gasteiger partial charge in [0.05, 0.1) is 18.2 Å². The van der Waals surface area contributed by atoms with Crippen molar-refractivity contribution in [2.24, 2.45) is 5.92 Å². The number of pyridine rings is 1. The first-order valence-corrected chi connectivity index (χ1v) is 10.4. The van der Waals surface area contributed by atoms with E-state index in [1.807, 2.05) is 29.2 Å². The first-order chi connectivity index (χ1) is 14.2. The summed E-state index contributed by atoms with van der Waals surface area (Å²) >= 11 is 0. The normalized spacial score (nSPS) is 20.8. The summed E-state index contributed by atoms with van der Waals surface area (Å²) in [6.07, 6.45) is 3.98. The molecule has 2 saturated heterocycles. The summed E-state index contributed by atoms with van der Waals surface area (Å²) in [6.45, 7) is 3.87. The molecule has 6 nitrogen and oxygen atoms in total. The maximum Gasteiger partial charge on any atom is 0.225 e. The summed E-state index contributed by atoms with van der Waals surface area (Å²) in [4.78, 5) is 33.7. The molecule has 1 aromatic carbocycles. The van der Waals surface area contributed by atoms with Gasteiger partial charge in [-0.2, -0.15) is 0 Å². The van der Waals surface area contributed by atoms with Gasteiger partial charge in [0.25, 0.3) is 0 Å². The first kappa shape index (κ1) is 19.6. The number of nitrogens with one attached hydrogen (secondary N) is 1. The topological polar surface area (TPSA) is 65.5 Å². The Morgan fingerprint density at radius 3 is 2.55 bits per heavy atom. The maximum atomic E-state index is 12.6. The maximum absolute atomic E-state index is 12.6. The van der Waals surface area contributed by atoms with Crippen LogP contribution >= 0.6 is 0 Å². The van der Waals surface area contributed by atoms with Crippen LogP contribution in [0.4, 0.5) is 0 Å². The van der Waals surface area contributed by atoms with Crippen molar-refractivity contribution < 1.29 is 9.59 Å². The summed E-state index contributed by atoms with van der Waals surface area (Å²) in [5.74, 6) is -0.189. The van der Waals surface area contributed by atoms with Crippen LogP contribution in [0.1, 0.15) is 30.5 Å². The second-order valence-corrected chi connectivity index (χ2v) is 7.98. The molecule has 152 valence electrons. The van der Waals surface area contributed by atoms with Crippen molar-refractivity contribution in [1.29, 1.82) is 0 Å². The highest BCUT2D eigenvalue weighted by molar-refractivity contribution is 5.89. The van der Waals surface area contributed by atoms with Gasteiger partial charge in [0.2, 0.25) is 11.8 Å². The van der Waals surface area contributed by atoms with Crippen molar-refractivity contribution >= 4 is 11.8 Å². The summed E-state index contributed by atoms with van der Waals surface area (Å²) in [5.41, 5.74) is 2.15. The van der Waals surface area contributed by atoms with E-state index >= 15 is 0 Å². The Bertz CT molecular complexity index is 819. The van der Waals surface area contributed by atoms with Crippen LogP contribution in [0.25, 0.3) is 0 Å². The SMILES string of the molecule is O=C(NCc1ccccn1)C1CC(=O)N(C2CCN(Cc3ccccc3)CC2)C1. The predicted molar refractivity (Wildman–Crippen MR) is 111 cm³/mol. The smallest absolute Gasteiger partial charge is 0.225 e. The number of amides is 2. The molecule has 0 bridgehead atoms. The summed E-state index contributed by atoms with van der Waals surface area (Å²) in [6, 6.07) is 16.4. The van der Waals surface area contributed by atoms with Crippen LogP contribution in [0.5, 0.6) is 0 Å². The molecule has 1 N–H and O–H groups in total. The van der Waals surface area contributed by atoms with Crippen molar-refractivity contribution in [1.82, 2.24) is 20.1 Å². The van der Waals surface area contributed by atoms with Gasteiger partial charge in [-0.05, 0) is 30.5 Å². The average molecular weight is 393 g/mol. The van der Waals surface area contributed by atoms with Gasteiger partial charge < -0.3 is 10.2 Å². The van der Waals surface area contributed by atoms with Gasteiger partial charge in [-0.3, -0.25) is 19.5 Å². The Hall–Kier alpha value is -2.73. The fourth-order valence-electron chi connectivity index (χ4n) is 4.32. The number of rotatable bonds is 6. The summed E-state index contributed by atoms with van der Waals surface area (Å²) < 4.78 is 0. The van der Waals surface area contributed by atoms with E-state index in [-0.39, 0.29) is 23.8 Å². The number of benzene rings is 1. The zero-order valence-corrected chi connectivity index (χ0v) is 16.7. The van der Waals surface area contributed by atoms with E-state index in [0.717, 1.165) is 38.2 Å². The molecule has 29 heavy (non-hydrogen) atoms. The minimum atomic E-state index is -0.256. The lowest BCUT2D eigenvalue weighted by atomic mass is 10.0. The average Bonchev–Trinajstić information content (AvgIpc) is 3.16. The molecule has 3 heterocycles. The molecule has 2 amide bonds. The second kappa shape index (κ2) is 9.18. The Morgan fingerprint density at radius 1 is 1.07 bits per heavy atom. The molecular weight excluding hydrogens is 364 g/mol. The lowest BCUT2D eigenvalue weighted by Gasteiger charge is -2.36. The quantitative estimate of drug-likeness (QED) is 0.819. The van der Waals surface area contributed by atoms with Gasteiger partial charge in [-0.15, -0.1) is 0 Å². The van der Waals surface area contributed by atoms with E-state index in [1.165, 1.54) is 5.56 Å². The Labute approximate surface area is 171 Å². The highest BCUT2D eigenvalue weighted by Crippen LogP contribution is 2.26. The van der Waals surface area contributed by atoms with Crippen molar-refractivity contribution in [2.45, 2.75) is 38.4 Å². The third kappa shape index (κ3) is 5.01. The third-order valence-corrected chi connectivity index (χ3v) is 5.95. The Balaban J connectivity index is 1.25. The number of aromatic nitrogens is 1. The molecule has 2 aliphatic heterocycles. The lowest BCUT2D eigenvalue weighted by Crippen LogP contribution is -2.45. The highest BCUT2D eigenvalue weighted by Gasteiger charge is 2.38. The molecule has 1 aromatic heterocycles. The molecule has 0 spiro atoms. The number of hydrogen-bond acceptors (Lipinski definition) is 4. The fourth-order valence-corrected chi connectivity index (χ4v) is 4.32. The summed E-state index contributed by atoms with van der Waals surface area (Å²) in [5, 5.41) is 2.93. The number of likely N-dealkylation sites (tertiary alicyclic amines) is 2. The van der Waals surface area contributed by atoms with Crippen LogP contribution < -0.4 is 5.32 Å². The van der Waals surface area contributed by atoms with Gasteiger partial charge >= 0.3 is 0 Å². The Morgan fingerprint density at radius 2 is 1.83 bits per heavy atom. The predicted octanol–water partition coefficient (Wildman–Crippen LogP) is 2.21. The molecule has 0 radical (unpaired) electrons. The molecule has 2 fully saturated rings. The molecular formula is C23H28N4O2. The number of carbonyl (C=O) groups is 2.